The molecule has 71 heavy (non-hydrogen) atoms. The number of fused-ring (bicyclic) bond motifs is 3. The zero-order chi connectivity index (χ0) is 52.0. The molecule has 16 nitrogen and oxygen atoms in total. The van der Waals surface area contributed by atoms with E-state index in [1.54, 1.807) is 34.0 Å². The molecule has 5 rings (SSSR count). The molecule has 3 saturated heterocycles. The van der Waals surface area contributed by atoms with Crippen LogP contribution < -0.4 is 0 Å². The van der Waals surface area contributed by atoms with Gasteiger partial charge in [0.25, 0.3) is 11.7 Å². The summed E-state index contributed by atoms with van der Waals surface area (Å²) in [6.07, 6.45) is 10.8. The van der Waals surface area contributed by atoms with Crippen LogP contribution in [-0.2, 0) is 57.1 Å². The average Bonchev–Trinajstić information content (AvgIpc) is 3.33. The van der Waals surface area contributed by atoms with Crippen LogP contribution in [0.1, 0.15) is 126 Å². The number of allylic oxidation sites excluding steroid dienone is 6. The van der Waals surface area contributed by atoms with Gasteiger partial charge in [-0.3, -0.25) is 19.2 Å². The largest absolute Gasteiger partial charge is 0.460 e. The second kappa shape index (κ2) is 27.7. The smallest absolute Gasteiger partial charge is 0.329 e. The van der Waals surface area contributed by atoms with Gasteiger partial charge in [-0.15, -0.1) is 0 Å². The van der Waals surface area contributed by atoms with Gasteiger partial charge < -0.3 is 53.4 Å². The van der Waals surface area contributed by atoms with Gasteiger partial charge in [0.05, 0.1) is 50.8 Å². The number of carbonyl (C=O) groups is 5. The molecule has 4 aliphatic heterocycles. The molecule has 1 unspecified atom stereocenters. The van der Waals surface area contributed by atoms with Crippen molar-refractivity contribution in [2.24, 2.45) is 35.5 Å². The molecule has 1 amide bonds. The third-order valence-electron chi connectivity index (χ3n) is 15.6. The number of rotatable bonds is 10. The van der Waals surface area contributed by atoms with Gasteiger partial charge in [0.2, 0.25) is 5.79 Å². The van der Waals surface area contributed by atoms with Crippen LogP contribution in [0, 0.1) is 35.5 Å². The quantitative estimate of drug-likeness (QED) is 0.0996. The van der Waals surface area contributed by atoms with E-state index in [2.05, 4.69) is 0 Å². The van der Waals surface area contributed by atoms with Crippen LogP contribution in [0.15, 0.2) is 47.6 Å². The summed E-state index contributed by atoms with van der Waals surface area (Å²) in [6.45, 7) is 14.4. The molecule has 15 atom stereocenters. The van der Waals surface area contributed by atoms with Crippen molar-refractivity contribution in [2.45, 2.75) is 186 Å². The van der Waals surface area contributed by atoms with Gasteiger partial charge in [-0.2, -0.15) is 0 Å². The number of aliphatic hydroxyl groups is 3. The fourth-order valence-electron chi connectivity index (χ4n) is 10.7. The Balaban J connectivity index is 1.46. The van der Waals surface area contributed by atoms with E-state index in [1.807, 2.05) is 58.1 Å². The highest BCUT2D eigenvalue weighted by Crippen LogP contribution is 2.38. The van der Waals surface area contributed by atoms with Crippen molar-refractivity contribution in [2.75, 3.05) is 47.2 Å². The lowest BCUT2D eigenvalue weighted by molar-refractivity contribution is -0.266. The van der Waals surface area contributed by atoms with Gasteiger partial charge in [-0.25, -0.2) is 4.79 Å². The number of methoxy groups -OCH3 is 2. The Kier molecular flexibility index (Phi) is 22.8. The monoisotopic (exact) mass is 1000 g/mol. The van der Waals surface area contributed by atoms with E-state index in [0.717, 1.165) is 5.57 Å². The van der Waals surface area contributed by atoms with Gasteiger partial charge in [0.15, 0.2) is 5.78 Å². The molecular weight excluding hydrogens is 915 g/mol. The maximum atomic E-state index is 14.5. The number of hydrogen-bond acceptors (Lipinski definition) is 15. The first-order chi connectivity index (χ1) is 33.8. The van der Waals surface area contributed by atoms with Crippen LogP contribution in [0.5, 0.6) is 0 Å². The topological polar surface area (TPSA) is 214 Å². The van der Waals surface area contributed by atoms with Crippen LogP contribution >= 0.6 is 0 Å². The van der Waals surface area contributed by atoms with E-state index < -0.39 is 83.9 Å². The number of Topliss-reactive ketones (excluding diaryl/α,β-unsaturated/α-hetero) is 3. The number of nitrogens with zero attached hydrogens (tertiary/aromatic N) is 1. The summed E-state index contributed by atoms with van der Waals surface area (Å²) >= 11 is 0. The maximum absolute atomic E-state index is 14.5. The van der Waals surface area contributed by atoms with Crippen LogP contribution in [0.3, 0.4) is 0 Å². The first-order valence-electron chi connectivity index (χ1n) is 26.2. The number of ketones is 3. The van der Waals surface area contributed by atoms with E-state index in [9.17, 15) is 39.3 Å². The molecule has 0 spiro atoms. The fourth-order valence-corrected chi connectivity index (χ4v) is 10.7. The van der Waals surface area contributed by atoms with Crippen molar-refractivity contribution in [1.82, 2.24) is 4.90 Å². The summed E-state index contributed by atoms with van der Waals surface area (Å²) in [7, 11) is 2.94. The average molecular weight is 1000 g/mol. The van der Waals surface area contributed by atoms with Crippen molar-refractivity contribution in [3.05, 3.63) is 47.6 Å². The standard InChI is InChI=1S/C55H85NO15/c1-33-15-11-10-12-16-34(2)46(69-24-23-68-42-31-67-32-42)29-41-20-18-39(7)55(64,71-41)52(61)53(62)56-22-14-13-17-43(56)54(63)70-47(36(4)27-40-19-21-44(57)48(28-40)65-8)30-45(58)35(3)26-38(6)50(60)51(66-9)49(59)37(5)25-33/h10-12,15-16,26,33,35-37,39-44,46-48,50-51,57,60,64H,13-14,17-25,27-32H2,1-9H3/b12-10+,15-11+,34-16+,38-26+/t33-,35-,36-,37-,39-,40+,41+,43+,44-,46?,47+,48-,50-,51+,55-/m1/s1. The third kappa shape index (κ3) is 16.0. The number of ether oxygens (including phenoxy) is 7. The van der Waals surface area contributed by atoms with Crippen LogP contribution in [0.25, 0.3) is 0 Å². The van der Waals surface area contributed by atoms with Crippen molar-refractivity contribution in [1.29, 1.82) is 0 Å². The maximum Gasteiger partial charge on any atom is 0.329 e. The van der Waals surface area contributed by atoms with Gasteiger partial charge in [-0.05, 0) is 107 Å². The highest BCUT2D eigenvalue weighted by Gasteiger charge is 2.53. The molecule has 0 radical (unpaired) electrons. The predicted octanol–water partition coefficient (Wildman–Crippen LogP) is 5.97. The summed E-state index contributed by atoms with van der Waals surface area (Å²) in [5.41, 5.74) is 1.24. The van der Waals surface area contributed by atoms with Crippen molar-refractivity contribution < 1.29 is 72.5 Å². The van der Waals surface area contributed by atoms with Gasteiger partial charge in [-0.1, -0.05) is 71.1 Å². The molecule has 1 saturated carbocycles. The van der Waals surface area contributed by atoms with E-state index in [-0.39, 0.29) is 73.9 Å². The molecule has 0 aromatic carbocycles. The van der Waals surface area contributed by atoms with Crippen molar-refractivity contribution >= 4 is 29.2 Å². The molecule has 4 heterocycles. The number of amides is 1. The first-order valence-corrected chi connectivity index (χ1v) is 26.2. The Bertz CT molecular complexity index is 1910. The Morgan fingerprint density at radius 2 is 1.58 bits per heavy atom. The number of cyclic esters (lactones) is 1. The summed E-state index contributed by atoms with van der Waals surface area (Å²) in [4.78, 5) is 72.5. The molecule has 1 aliphatic carbocycles. The molecule has 16 heteroatoms. The fraction of sp³-hybridized carbons (Fsp3) is 0.764. The second-order valence-electron chi connectivity index (χ2n) is 21.3. The lowest BCUT2D eigenvalue weighted by Crippen LogP contribution is -2.61. The zero-order valence-electron chi connectivity index (χ0n) is 43.8. The number of hydrogen-bond donors (Lipinski definition) is 3. The molecule has 0 aromatic heterocycles. The Morgan fingerprint density at radius 1 is 0.845 bits per heavy atom. The van der Waals surface area contributed by atoms with E-state index in [0.29, 0.717) is 83.2 Å². The highest BCUT2D eigenvalue weighted by atomic mass is 16.6. The first kappa shape index (κ1) is 58.4. The SMILES string of the molecule is CO[C@@H]1C[C@H](C[C@@H](C)[C@@H]2CC(=O)[C@H](C)/C=C(\C)[C@@H](O)[C@@H](OC)C(=O)[C@H](C)C[C@H](C)/C=C/C=C/C=C(\C)C(OCCOC3COC3)C[C@@H]3CC[C@@H](C)[C@@](O)(O3)C(=O)C(=O)N3CCCC[C@H]3C(=O)O2)CC[C@H]1O. The zero-order valence-corrected chi connectivity index (χ0v) is 43.8. The van der Waals surface area contributed by atoms with Crippen LogP contribution in [0.2, 0.25) is 0 Å². The Labute approximate surface area is 421 Å². The Morgan fingerprint density at radius 3 is 2.27 bits per heavy atom. The summed E-state index contributed by atoms with van der Waals surface area (Å²) in [5.74, 6) is -8.15. The molecule has 400 valence electrons. The number of aliphatic hydroxyl groups excluding tert-OH is 2. The molecule has 0 aromatic rings. The van der Waals surface area contributed by atoms with Crippen molar-refractivity contribution in [3.63, 3.8) is 0 Å². The molecule has 2 bridgehead atoms. The molecule has 5 aliphatic rings. The molecule has 4 fully saturated rings. The summed E-state index contributed by atoms with van der Waals surface area (Å²) < 4.78 is 41.2. The second-order valence-corrected chi connectivity index (χ2v) is 21.3. The third-order valence-corrected chi connectivity index (χ3v) is 15.6. The van der Waals surface area contributed by atoms with E-state index in [1.165, 1.54) is 12.0 Å². The minimum absolute atomic E-state index is 0.00344. The van der Waals surface area contributed by atoms with E-state index in [4.69, 9.17) is 33.2 Å². The van der Waals surface area contributed by atoms with Gasteiger partial charge in [0.1, 0.15) is 36.2 Å². The minimum atomic E-state index is -2.47. The van der Waals surface area contributed by atoms with Crippen LogP contribution in [0.4, 0.5) is 0 Å². The normalized spacial score (nSPS) is 39.2. The number of carbonyl (C=O) groups excluding carboxylic acids is 5. The Hall–Kier alpha value is -3.45. The molecular formula is C55H85NO15. The predicted molar refractivity (Wildman–Crippen MR) is 265 cm³/mol. The number of piperidine rings is 1. The lowest BCUT2D eigenvalue weighted by Gasteiger charge is -2.43. The lowest BCUT2D eigenvalue weighted by atomic mass is 9.78. The summed E-state index contributed by atoms with van der Waals surface area (Å²) in [6, 6.07) is -1.16. The van der Waals surface area contributed by atoms with E-state index >= 15 is 0 Å². The summed E-state index contributed by atoms with van der Waals surface area (Å²) in [5, 5.41) is 34.2. The number of esters is 1. The molecule has 3 N–H and O–H groups in total. The van der Waals surface area contributed by atoms with Gasteiger partial charge >= 0.3 is 5.97 Å². The minimum Gasteiger partial charge on any atom is -0.460 e. The van der Waals surface area contributed by atoms with Crippen LogP contribution in [-0.4, -0.2) is 157 Å². The van der Waals surface area contributed by atoms with Crippen molar-refractivity contribution in [3.8, 4) is 0 Å². The highest BCUT2D eigenvalue weighted by molar-refractivity contribution is 6.39. The van der Waals surface area contributed by atoms with Gasteiger partial charge in [0, 0.05) is 51.4 Å².